The highest BCUT2D eigenvalue weighted by Crippen LogP contribution is 2.36. The van der Waals surface area contributed by atoms with E-state index in [-0.39, 0.29) is 24.2 Å². The molecule has 2 N–H and O–H groups in total. The number of hydrogen-bond donors (Lipinski definition) is 2. The minimum absolute atomic E-state index is 0.145. The Morgan fingerprint density at radius 1 is 0.923 bits per heavy atom. The van der Waals surface area contributed by atoms with Gasteiger partial charge in [0.05, 0.1) is 40.8 Å². The van der Waals surface area contributed by atoms with Crippen LogP contribution in [0.15, 0.2) is 48.7 Å². The molecule has 3 aromatic rings. The van der Waals surface area contributed by atoms with Crippen molar-refractivity contribution in [2.45, 2.75) is 69.8 Å². The molecule has 2 amide bonds. The molecule has 15 nitrogen and oxygen atoms in total. The topological polar surface area (TPSA) is 161 Å². The van der Waals surface area contributed by atoms with Crippen molar-refractivity contribution < 1.29 is 32.3 Å². The summed E-state index contributed by atoms with van der Waals surface area (Å²) in [5, 5.41) is 14.7. The Morgan fingerprint density at radius 3 is 2.25 bits per heavy atom. The van der Waals surface area contributed by atoms with Crippen LogP contribution in [0.25, 0.3) is 0 Å². The molecule has 2 aromatic heterocycles. The molecule has 7 rings (SSSR count). The van der Waals surface area contributed by atoms with Gasteiger partial charge >= 0.3 is 6.18 Å². The third kappa shape index (κ3) is 11.8. The summed E-state index contributed by atoms with van der Waals surface area (Å²) in [6.45, 7) is 9.91. The highest BCUT2D eigenvalue weighted by molar-refractivity contribution is 5.92. The van der Waals surface area contributed by atoms with Crippen molar-refractivity contribution in [1.29, 1.82) is 5.26 Å². The molecule has 1 atom stereocenters. The number of nitrogens with zero attached hydrogens (tertiary/aromatic N) is 9. The van der Waals surface area contributed by atoms with Crippen LogP contribution in [0.1, 0.15) is 72.1 Å². The minimum Gasteiger partial charge on any atom is -0.371 e. The van der Waals surface area contributed by atoms with Gasteiger partial charge in [0.25, 0.3) is 0 Å². The number of amides is 2. The Labute approximate surface area is 378 Å². The lowest BCUT2D eigenvalue weighted by Gasteiger charge is -2.48. The van der Waals surface area contributed by atoms with Gasteiger partial charge in [-0.05, 0) is 100 Å². The van der Waals surface area contributed by atoms with E-state index in [1.807, 2.05) is 41.2 Å². The number of piperidine rings is 2. The molecule has 0 saturated carbocycles. The number of benzene rings is 1. The zero-order valence-corrected chi connectivity index (χ0v) is 37.3. The molecule has 0 radical (unpaired) electrons. The normalized spacial score (nSPS) is 18.8. The summed E-state index contributed by atoms with van der Waals surface area (Å²) in [6.07, 6.45) is 3.86. The number of likely N-dealkylation sites (N-methyl/N-ethyl adjacent to an activating group) is 2. The number of hydrogen-bond acceptors (Lipinski definition) is 13. The third-order valence-corrected chi connectivity index (χ3v) is 13.7. The van der Waals surface area contributed by atoms with Crippen LogP contribution in [0.2, 0.25) is 0 Å². The molecule has 18 heteroatoms. The van der Waals surface area contributed by atoms with Gasteiger partial charge in [0, 0.05) is 109 Å². The maximum Gasteiger partial charge on any atom is 0.417 e. The molecule has 1 aromatic carbocycles. The van der Waals surface area contributed by atoms with Crippen molar-refractivity contribution in [3.05, 3.63) is 71.0 Å². The fraction of sp³-hybridized carbons (Fsp3) is 0.553. The second-order valence-corrected chi connectivity index (χ2v) is 17.8. The average molecular weight is 900 g/mol. The summed E-state index contributed by atoms with van der Waals surface area (Å²) >= 11 is 0. The summed E-state index contributed by atoms with van der Waals surface area (Å²) in [5.74, 6) is 1.38. The van der Waals surface area contributed by atoms with Crippen LogP contribution in [-0.4, -0.2) is 147 Å². The highest BCUT2D eigenvalue weighted by Gasteiger charge is 2.36. The Balaban J connectivity index is 0.783. The van der Waals surface area contributed by atoms with Gasteiger partial charge in [0.1, 0.15) is 17.9 Å². The maximum atomic E-state index is 13.5. The first-order valence-corrected chi connectivity index (χ1v) is 22.8. The van der Waals surface area contributed by atoms with Gasteiger partial charge in [-0.2, -0.15) is 18.4 Å². The summed E-state index contributed by atoms with van der Waals surface area (Å²) < 4.78 is 40.5. The molecule has 1 unspecified atom stereocenters. The number of piperazine rings is 1. The van der Waals surface area contributed by atoms with E-state index < -0.39 is 23.3 Å². The Bertz CT molecular complexity index is 2160. The first-order chi connectivity index (χ1) is 31.4. The van der Waals surface area contributed by atoms with Crippen molar-refractivity contribution in [3.8, 4) is 6.07 Å². The number of aldehydes is 2. The minimum atomic E-state index is -4.62. The van der Waals surface area contributed by atoms with Gasteiger partial charge in [-0.15, -0.1) is 0 Å². The van der Waals surface area contributed by atoms with Gasteiger partial charge in [0.15, 0.2) is 6.29 Å². The number of alkyl halides is 3. The van der Waals surface area contributed by atoms with Crippen molar-refractivity contribution in [1.82, 2.24) is 30.0 Å². The van der Waals surface area contributed by atoms with E-state index in [0.717, 1.165) is 102 Å². The molecule has 6 heterocycles. The molecular weight excluding hydrogens is 840 g/mol. The molecular formula is C47H60F3N11O4. The lowest BCUT2D eigenvalue weighted by atomic mass is 9.92. The smallest absolute Gasteiger partial charge is 0.371 e. The van der Waals surface area contributed by atoms with Gasteiger partial charge in [-0.3, -0.25) is 24.2 Å². The fourth-order valence-electron chi connectivity index (χ4n) is 9.65. The zero-order chi connectivity index (χ0) is 46.1. The van der Waals surface area contributed by atoms with Crippen molar-refractivity contribution >= 4 is 47.4 Å². The molecule has 0 aliphatic carbocycles. The fourth-order valence-corrected chi connectivity index (χ4v) is 9.65. The van der Waals surface area contributed by atoms with Crippen molar-refractivity contribution in [3.63, 3.8) is 0 Å². The Kier molecular flexibility index (Phi) is 15.7. The van der Waals surface area contributed by atoms with Gasteiger partial charge in [0.2, 0.25) is 11.8 Å². The van der Waals surface area contributed by atoms with E-state index in [0.29, 0.717) is 73.6 Å². The van der Waals surface area contributed by atoms with E-state index in [4.69, 9.17) is 10.2 Å². The predicted molar refractivity (Wildman–Crippen MR) is 242 cm³/mol. The van der Waals surface area contributed by atoms with Crippen LogP contribution in [0, 0.1) is 23.2 Å². The van der Waals surface area contributed by atoms with Crippen LogP contribution >= 0.6 is 0 Å². The number of likely N-dealkylation sites (tertiary alicyclic amines) is 1. The number of anilines is 4. The molecule has 0 bridgehead atoms. The average Bonchev–Trinajstić information content (AvgIpc) is 3.31. The van der Waals surface area contributed by atoms with Crippen LogP contribution in [0.4, 0.5) is 36.2 Å². The number of nitriles is 1. The lowest BCUT2D eigenvalue weighted by molar-refractivity contribution is -0.137. The number of nitrogens with one attached hydrogen (secondary N) is 2. The number of rotatable bonds is 17. The summed E-state index contributed by atoms with van der Waals surface area (Å²) in [6, 6.07) is 12.9. The predicted octanol–water partition coefficient (Wildman–Crippen LogP) is 4.67. The molecule has 348 valence electrons. The molecule has 4 aliphatic rings. The number of carbonyl (C=O) groups is 4. The summed E-state index contributed by atoms with van der Waals surface area (Å²) in [7, 11) is 3.39. The van der Waals surface area contributed by atoms with E-state index in [1.54, 1.807) is 19.2 Å². The largest absolute Gasteiger partial charge is 0.417 e. The van der Waals surface area contributed by atoms with Crippen LogP contribution in [0.5, 0.6) is 0 Å². The zero-order valence-electron chi connectivity index (χ0n) is 37.3. The second-order valence-electron chi connectivity index (χ2n) is 17.8. The van der Waals surface area contributed by atoms with E-state index >= 15 is 0 Å². The summed E-state index contributed by atoms with van der Waals surface area (Å²) in [4.78, 5) is 71.4. The number of pyridine rings is 2. The second kappa shape index (κ2) is 21.6. The molecule has 4 fully saturated rings. The number of aromatic nitrogens is 2. The van der Waals surface area contributed by atoms with Crippen molar-refractivity contribution in [2.24, 2.45) is 11.8 Å². The monoisotopic (exact) mass is 899 g/mol. The van der Waals surface area contributed by atoms with Crippen molar-refractivity contribution in [2.75, 3.05) is 106 Å². The van der Waals surface area contributed by atoms with Gasteiger partial charge in [-0.1, -0.05) is 0 Å². The first kappa shape index (κ1) is 47.3. The standard InChI is InChI=1S/C47H60F3N11O4/c1-52-46(65)42(4-3-25-62)56(2)31-41-36(32-63)6-10-44(54-41)61-23-21-60(22-24-61)39-29-57(30-39)16-11-33-12-17-59(18-13-33)38-8-9-43(53-28-38)55-45(64)34-14-19-58(20-15-34)37-7-5-35(27-51)40(26-37)47(48,49)50/h5-10,25-26,28,32-34,39,42H,3-4,11-24,29-31H2,1-2H3,(H,52,65)(H,53,55,64). The first-order valence-electron chi connectivity index (χ1n) is 22.8. The summed E-state index contributed by atoms with van der Waals surface area (Å²) in [5.41, 5.74) is 1.18. The molecule has 4 saturated heterocycles. The lowest BCUT2D eigenvalue weighted by Crippen LogP contribution is -2.63. The highest BCUT2D eigenvalue weighted by atomic mass is 19.4. The third-order valence-electron chi connectivity index (χ3n) is 13.7. The van der Waals surface area contributed by atoms with Gasteiger partial charge in [-0.25, -0.2) is 9.97 Å². The number of carbonyl (C=O) groups excluding carboxylic acids is 4. The van der Waals surface area contributed by atoms with E-state index in [9.17, 15) is 32.3 Å². The van der Waals surface area contributed by atoms with Crippen LogP contribution in [0.3, 0.4) is 0 Å². The molecule has 0 spiro atoms. The Hall–Kier alpha value is -5.64. The SMILES string of the molecule is CNC(=O)C(CCC=O)N(C)Cc1nc(N2CCN(C3CN(CCC4CCN(c5ccc(NC(=O)C6CCN(c7ccc(C#N)c(C(F)(F)F)c7)CC6)nc5)CC4)C3)CC2)ccc1C=O. The van der Waals surface area contributed by atoms with E-state index in [2.05, 4.69) is 35.2 Å². The van der Waals surface area contributed by atoms with Gasteiger partial charge < -0.3 is 35.0 Å². The maximum absolute atomic E-state index is 13.5. The van der Waals surface area contributed by atoms with Crippen LogP contribution in [-0.2, 0) is 27.1 Å². The Morgan fingerprint density at radius 2 is 1.62 bits per heavy atom. The molecule has 65 heavy (non-hydrogen) atoms. The molecule has 4 aliphatic heterocycles. The van der Waals surface area contributed by atoms with Crippen LogP contribution < -0.4 is 25.3 Å². The van der Waals surface area contributed by atoms with E-state index in [1.165, 1.54) is 18.6 Å². The quantitative estimate of drug-likeness (QED) is 0.180. The number of halogens is 3.